The van der Waals surface area contributed by atoms with E-state index in [9.17, 15) is 0 Å². The molecule has 0 spiro atoms. The van der Waals surface area contributed by atoms with Crippen molar-refractivity contribution < 1.29 is 4.74 Å². The van der Waals surface area contributed by atoms with Gasteiger partial charge < -0.3 is 14.5 Å². The van der Waals surface area contributed by atoms with E-state index >= 15 is 0 Å². The first-order valence-corrected chi connectivity index (χ1v) is 7.95. The second kappa shape index (κ2) is 6.13. The van der Waals surface area contributed by atoms with Crippen LogP contribution in [0.25, 0.3) is 10.9 Å². The predicted octanol–water partition coefficient (Wildman–Crippen LogP) is 3.08. The molecule has 0 amide bonds. The maximum atomic E-state index is 5.33. The Morgan fingerprint density at radius 3 is 2.64 bits per heavy atom. The molecule has 1 aromatic carbocycles. The fraction of sp³-hybridized carbons (Fsp3) is 0.500. The first kappa shape index (κ1) is 15.1. The van der Waals surface area contributed by atoms with Gasteiger partial charge >= 0.3 is 0 Å². The standard InChI is InChI=1S/C18H25N3O/c1-13-11-18(21(3)14-7-9-20(2)10-8-14)16-6-5-15(22-4)12-17(16)19-13/h5-6,11-12,14H,7-10H2,1-4H3. The van der Waals surface area contributed by atoms with Gasteiger partial charge in [0.2, 0.25) is 0 Å². The van der Waals surface area contributed by atoms with Crippen LogP contribution in [0.2, 0.25) is 0 Å². The van der Waals surface area contributed by atoms with Crippen molar-refractivity contribution in [1.29, 1.82) is 0 Å². The molecule has 0 N–H and O–H groups in total. The third-order valence-electron chi connectivity index (χ3n) is 4.74. The number of anilines is 1. The van der Waals surface area contributed by atoms with Crippen LogP contribution in [0.5, 0.6) is 5.75 Å². The zero-order valence-corrected chi connectivity index (χ0v) is 14.0. The van der Waals surface area contributed by atoms with Gasteiger partial charge in [-0.1, -0.05) is 0 Å². The quantitative estimate of drug-likeness (QED) is 0.871. The molecule has 0 aliphatic carbocycles. The van der Waals surface area contributed by atoms with E-state index < -0.39 is 0 Å². The van der Waals surface area contributed by atoms with Gasteiger partial charge in [-0.15, -0.1) is 0 Å². The van der Waals surface area contributed by atoms with E-state index in [0.29, 0.717) is 6.04 Å². The van der Waals surface area contributed by atoms with Crippen LogP contribution >= 0.6 is 0 Å². The highest BCUT2D eigenvalue weighted by molar-refractivity contribution is 5.92. The van der Waals surface area contributed by atoms with Crippen molar-refractivity contribution in [3.05, 3.63) is 30.0 Å². The second-order valence-electron chi connectivity index (χ2n) is 6.31. The van der Waals surface area contributed by atoms with Gasteiger partial charge in [-0.05, 0) is 58.1 Å². The van der Waals surface area contributed by atoms with Crippen LogP contribution < -0.4 is 9.64 Å². The molecule has 118 valence electrons. The summed E-state index contributed by atoms with van der Waals surface area (Å²) in [6, 6.07) is 8.97. The van der Waals surface area contributed by atoms with Gasteiger partial charge in [0.1, 0.15) is 5.75 Å². The zero-order valence-electron chi connectivity index (χ0n) is 14.0. The first-order valence-electron chi connectivity index (χ1n) is 7.95. The number of nitrogens with zero attached hydrogens (tertiary/aromatic N) is 3. The number of ether oxygens (including phenoxy) is 1. The number of benzene rings is 1. The Morgan fingerprint density at radius 1 is 1.23 bits per heavy atom. The largest absolute Gasteiger partial charge is 0.497 e. The van der Waals surface area contributed by atoms with Crippen molar-refractivity contribution in [3.8, 4) is 5.75 Å². The third-order valence-corrected chi connectivity index (χ3v) is 4.74. The maximum Gasteiger partial charge on any atom is 0.121 e. The van der Waals surface area contributed by atoms with Crippen molar-refractivity contribution in [2.75, 3.05) is 39.2 Å². The Labute approximate surface area is 132 Å². The molecule has 0 radical (unpaired) electrons. The van der Waals surface area contributed by atoms with Gasteiger partial charge in [-0.3, -0.25) is 4.98 Å². The number of hydrogen-bond acceptors (Lipinski definition) is 4. The van der Waals surface area contributed by atoms with Crippen LogP contribution in [-0.4, -0.2) is 50.2 Å². The molecule has 4 nitrogen and oxygen atoms in total. The van der Waals surface area contributed by atoms with Crippen LogP contribution in [-0.2, 0) is 0 Å². The average molecular weight is 299 g/mol. The number of aromatic nitrogens is 1. The SMILES string of the molecule is COc1ccc2c(N(C)C3CCN(C)CC3)cc(C)nc2c1. The minimum absolute atomic E-state index is 0.600. The molecule has 0 bridgehead atoms. The monoisotopic (exact) mass is 299 g/mol. The summed E-state index contributed by atoms with van der Waals surface area (Å²) < 4.78 is 5.33. The summed E-state index contributed by atoms with van der Waals surface area (Å²) in [5, 5.41) is 1.20. The number of fused-ring (bicyclic) bond motifs is 1. The normalized spacial score (nSPS) is 16.9. The molecule has 1 aliphatic rings. The van der Waals surface area contributed by atoms with Crippen molar-refractivity contribution in [3.63, 3.8) is 0 Å². The van der Waals surface area contributed by atoms with Gasteiger partial charge in [0, 0.05) is 35.9 Å². The Kier molecular flexibility index (Phi) is 4.21. The van der Waals surface area contributed by atoms with E-state index in [2.05, 4.69) is 47.9 Å². The van der Waals surface area contributed by atoms with E-state index in [1.165, 1.54) is 37.0 Å². The van der Waals surface area contributed by atoms with Crippen molar-refractivity contribution in [2.45, 2.75) is 25.8 Å². The van der Waals surface area contributed by atoms with Gasteiger partial charge in [-0.25, -0.2) is 0 Å². The summed E-state index contributed by atoms with van der Waals surface area (Å²) in [6.07, 6.45) is 2.43. The molecule has 2 heterocycles. The molecule has 4 heteroatoms. The first-order chi connectivity index (χ1) is 10.6. The predicted molar refractivity (Wildman–Crippen MR) is 92.0 cm³/mol. The van der Waals surface area contributed by atoms with Crippen LogP contribution in [0.15, 0.2) is 24.3 Å². The lowest BCUT2D eigenvalue weighted by molar-refractivity contribution is 0.253. The summed E-state index contributed by atoms with van der Waals surface area (Å²) in [6.45, 7) is 4.40. The molecule has 1 saturated heterocycles. The number of piperidine rings is 1. The Hall–Kier alpha value is -1.81. The number of pyridine rings is 1. The Bertz CT molecular complexity index is 663. The molecule has 0 atom stereocenters. The summed E-state index contributed by atoms with van der Waals surface area (Å²) in [4.78, 5) is 9.52. The molecule has 22 heavy (non-hydrogen) atoms. The number of likely N-dealkylation sites (tertiary alicyclic amines) is 1. The fourth-order valence-electron chi connectivity index (χ4n) is 3.32. The Morgan fingerprint density at radius 2 is 1.95 bits per heavy atom. The van der Waals surface area contributed by atoms with Gasteiger partial charge in [-0.2, -0.15) is 0 Å². The average Bonchev–Trinajstić information content (AvgIpc) is 2.53. The van der Waals surface area contributed by atoms with Crippen LogP contribution in [0.4, 0.5) is 5.69 Å². The van der Waals surface area contributed by atoms with Crippen LogP contribution in [0, 0.1) is 6.92 Å². The van der Waals surface area contributed by atoms with Crippen molar-refractivity contribution in [1.82, 2.24) is 9.88 Å². The second-order valence-corrected chi connectivity index (χ2v) is 6.31. The zero-order chi connectivity index (χ0) is 15.7. The van der Waals surface area contributed by atoms with E-state index in [1.807, 2.05) is 12.1 Å². The molecule has 1 aromatic heterocycles. The smallest absolute Gasteiger partial charge is 0.121 e. The lowest BCUT2D eigenvalue weighted by Gasteiger charge is -2.37. The Balaban J connectivity index is 1.98. The number of methoxy groups -OCH3 is 1. The topological polar surface area (TPSA) is 28.6 Å². The van der Waals surface area contributed by atoms with Gasteiger partial charge in [0.25, 0.3) is 0 Å². The van der Waals surface area contributed by atoms with E-state index in [4.69, 9.17) is 4.74 Å². The molecule has 2 aromatic rings. The molecular weight excluding hydrogens is 274 g/mol. The molecule has 0 saturated carbocycles. The van der Waals surface area contributed by atoms with Crippen LogP contribution in [0.1, 0.15) is 18.5 Å². The highest BCUT2D eigenvalue weighted by Gasteiger charge is 2.22. The third kappa shape index (κ3) is 2.88. The fourth-order valence-corrected chi connectivity index (χ4v) is 3.32. The number of rotatable bonds is 3. The molecule has 0 unspecified atom stereocenters. The summed E-state index contributed by atoms with van der Waals surface area (Å²) in [7, 11) is 6.12. The van der Waals surface area contributed by atoms with Gasteiger partial charge in [0.05, 0.1) is 12.6 Å². The minimum atomic E-state index is 0.600. The summed E-state index contributed by atoms with van der Waals surface area (Å²) in [5.41, 5.74) is 3.34. The molecule has 3 rings (SSSR count). The molecule has 1 fully saturated rings. The highest BCUT2D eigenvalue weighted by Crippen LogP contribution is 2.31. The van der Waals surface area contributed by atoms with E-state index in [0.717, 1.165) is 17.0 Å². The molecule has 1 aliphatic heterocycles. The van der Waals surface area contributed by atoms with E-state index in [1.54, 1.807) is 7.11 Å². The van der Waals surface area contributed by atoms with Crippen LogP contribution in [0.3, 0.4) is 0 Å². The highest BCUT2D eigenvalue weighted by atomic mass is 16.5. The maximum absolute atomic E-state index is 5.33. The lowest BCUT2D eigenvalue weighted by atomic mass is 10.0. The van der Waals surface area contributed by atoms with Gasteiger partial charge in [0.15, 0.2) is 0 Å². The summed E-state index contributed by atoms with van der Waals surface area (Å²) in [5.74, 6) is 0.860. The lowest BCUT2D eigenvalue weighted by Crippen LogP contribution is -2.42. The van der Waals surface area contributed by atoms with Crippen molar-refractivity contribution >= 4 is 16.6 Å². The number of hydrogen-bond donors (Lipinski definition) is 0. The minimum Gasteiger partial charge on any atom is -0.497 e. The number of aryl methyl sites for hydroxylation is 1. The molecular formula is C18H25N3O. The van der Waals surface area contributed by atoms with E-state index in [-0.39, 0.29) is 0 Å². The summed E-state index contributed by atoms with van der Waals surface area (Å²) >= 11 is 0. The van der Waals surface area contributed by atoms with Crippen molar-refractivity contribution in [2.24, 2.45) is 0 Å².